The molecule has 2 aromatic carbocycles. The highest BCUT2D eigenvalue weighted by Gasteiger charge is 2.28. The number of carbonyl (C=O) groups is 3. The van der Waals surface area contributed by atoms with Gasteiger partial charge in [0.1, 0.15) is 5.75 Å². The van der Waals surface area contributed by atoms with Crippen LogP contribution in [-0.4, -0.2) is 54.7 Å². The van der Waals surface area contributed by atoms with E-state index >= 15 is 0 Å². The lowest BCUT2D eigenvalue weighted by atomic mass is 9.96. The molecule has 8 nitrogen and oxygen atoms in total. The second-order valence-electron chi connectivity index (χ2n) is 7.98. The van der Waals surface area contributed by atoms with E-state index in [-0.39, 0.29) is 18.4 Å². The van der Waals surface area contributed by atoms with Crippen molar-refractivity contribution in [1.82, 2.24) is 10.2 Å². The molecule has 0 bridgehead atoms. The molecule has 1 atom stereocenters. The number of para-hydroxylation sites is 1. The van der Waals surface area contributed by atoms with E-state index < -0.39 is 0 Å². The minimum absolute atomic E-state index is 0.0216. The molecule has 2 aliphatic rings. The molecule has 1 heterocycles. The third-order valence-electron chi connectivity index (χ3n) is 5.56. The Labute approximate surface area is 187 Å². The highest BCUT2D eigenvalue weighted by atomic mass is 16.5. The van der Waals surface area contributed by atoms with Crippen molar-refractivity contribution >= 4 is 24.1 Å². The van der Waals surface area contributed by atoms with Crippen LogP contribution >= 0.6 is 0 Å². The van der Waals surface area contributed by atoms with Crippen molar-refractivity contribution in [3.05, 3.63) is 59.7 Å². The fraction of sp³-hybridized carbons (Fsp3) is 0.375. The Morgan fingerprint density at radius 2 is 1.88 bits per heavy atom. The van der Waals surface area contributed by atoms with E-state index in [9.17, 15) is 9.59 Å². The predicted octanol–water partition coefficient (Wildman–Crippen LogP) is 3.38. The van der Waals surface area contributed by atoms with E-state index in [1.54, 1.807) is 7.11 Å². The molecule has 170 valence electrons. The summed E-state index contributed by atoms with van der Waals surface area (Å²) in [5.41, 5.74) is 2.49. The molecule has 1 unspecified atom stereocenters. The lowest BCUT2D eigenvalue weighted by molar-refractivity contribution is -0.122. The average molecular weight is 440 g/mol. The Balaban J connectivity index is 0.000000913. The highest BCUT2D eigenvalue weighted by molar-refractivity contribution is 5.95. The number of anilines is 1. The number of nitrogens with zero attached hydrogens (tertiary/aromatic N) is 1. The van der Waals surface area contributed by atoms with Crippen LogP contribution < -0.4 is 15.4 Å². The number of rotatable bonds is 6. The fourth-order valence-electron chi connectivity index (χ4n) is 3.79. The number of urea groups is 1. The topological polar surface area (TPSA) is 108 Å². The molecule has 0 spiro atoms. The Kier molecular flexibility index (Phi) is 8.08. The molecule has 1 saturated carbocycles. The number of ether oxygens (including phenoxy) is 1. The van der Waals surface area contributed by atoms with Crippen LogP contribution in [0.1, 0.15) is 35.2 Å². The summed E-state index contributed by atoms with van der Waals surface area (Å²) in [6.45, 7) is 1.17. The molecule has 1 saturated heterocycles. The quantitative estimate of drug-likeness (QED) is 0.598. The summed E-state index contributed by atoms with van der Waals surface area (Å²) in [6, 6.07) is 15.4. The van der Waals surface area contributed by atoms with E-state index in [0.717, 1.165) is 49.2 Å². The highest BCUT2D eigenvalue weighted by Crippen LogP contribution is 2.28. The van der Waals surface area contributed by atoms with Crippen LogP contribution in [0.2, 0.25) is 0 Å². The zero-order chi connectivity index (χ0) is 22.9. The smallest absolute Gasteiger partial charge is 0.321 e. The standard InChI is InChI=1S/C23H27N3O3.CH2O2/c1-29-21-10-7-17(22(27)24-20-8-9-20)14-18(21)13-16-11-12-26(15-16)23(28)25-19-5-3-2-4-6-19;2-1-3/h2-7,10,14,16,20H,8-9,11-13,15H2,1H3,(H,24,27)(H,25,28);1H,(H,2,3). The van der Waals surface area contributed by atoms with Crippen molar-refractivity contribution in [1.29, 1.82) is 0 Å². The van der Waals surface area contributed by atoms with Gasteiger partial charge in [-0.05, 0) is 67.5 Å². The van der Waals surface area contributed by atoms with Gasteiger partial charge in [0.15, 0.2) is 0 Å². The number of methoxy groups -OCH3 is 1. The first kappa shape index (κ1) is 23.1. The third kappa shape index (κ3) is 6.47. The number of amides is 3. The minimum atomic E-state index is -0.250. The maximum absolute atomic E-state index is 12.5. The van der Waals surface area contributed by atoms with Gasteiger partial charge in [0.2, 0.25) is 0 Å². The van der Waals surface area contributed by atoms with E-state index in [4.69, 9.17) is 14.6 Å². The SMILES string of the molecule is COc1ccc(C(=O)NC2CC2)cc1CC1CCN(C(=O)Nc2ccccc2)C1.O=CO. The van der Waals surface area contributed by atoms with Gasteiger partial charge in [-0.1, -0.05) is 18.2 Å². The van der Waals surface area contributed by atoms with Gasteiger partial charge in [0.25, 0.3) is 12.4 Å². The maximum atomic E-state index is 12.5. The summed E-state index contributed by atoms with van der Waals surface area (Å²) in [5.74, 6) is 1.11. The lowest BCUT2D eigenvalue weighted by Gasteiger charge is -2.18. The molecule has 3 amide bonds. The van der Waals surface area contributed by atoms with Gasteiger partial charge in [-0.15, -0.1) is 0 Å². The number of likely N-dealkylation sites (tertiary alicyclic amines) is 1. The van der Waals surface area contributed by atoms with Crippen LogP contribution in [0.15, 0.2) is 48.5 Å². The summed E-state index contributed by atoms with van der Waals surface area (Å²) in [7, 11) is 1.65. The van der Waals surface area contributed by atoms with Gasteiger partial charge >= 0.3 is 6.03 Å². The largest absolute Gasteiger partial charge is 0.496 e. The van der Waals surface area contributed by atoms with Gasteiger partial charge in [0, 0.05) is 30.4 Å². The number of benzene rings is 2. The van der Waals surface area contributed by atoms with Gasteiger partial charge < -0.3 is 25.4 Å². The van der Waals surface area contributed by atoms with Crippen LogP contribution in [-0.2, 0) is 11.2 Å². The minimum Gasteiger partial charge on any atom is -0.496 e. The summed E-state index contributed by atoms with van der Waals surface area (Å²) < 4.78 is 5.51. The van der Waals surface area contributed by atoms with Crippen molar-refractivity contribution in [3.8, 4) is 5.75 Å². The normalized spacial score (nSPS) is 17.0. The van der Waals surface area contributed by atoms with Gasteiger partial charge in [-0.2, -0.15) is 0 Å². The van der Waals surface area contributed by atoms with Crippen molar-refractivity contribution in [2.45, 2.75) is 31.7 Å². The molecule has 1 aliphatic heterocycles. The number of nitrogens with one attached hydrogen (secondary N) is 2. The fourth-order valence-corrected chi connectivity index (χ4v) is 3.79. The Bertz CT molecular complexity index is 930. The zero-order valence-electron chi connectivity index (χ0n) is 18.1. The van der Waals surface area contributed by atoms with Crippen molar-refractivity contribution in [2.75, 3.05) is 25.5 Å². The molecule has 4 rings (SSSR count). The molecule has 8 heteroatoms. The zero-order valence-corrected chi connectivity index (χ0v) is 18.1. The maximum Gasteiger partial charge on any atom is 0.321 e. The molecular weight excluding hydrogens is 410 g/mol. The van der Waals surface area contributed by atoms with Crippen molar-refractivity contribution in [3.63, 3.8) is 0 Å². The molecule has 2 aromatic rings. The lowest BCUT2D eigenvalue weighted by Crippen LogP contribution is -2.33. The van der Waals surface area contributed by atoms with E-state index in [2.05, 4.69) is 10.6 Å². The second-order valence-corrected chi connectivity index (χ2v) is 7.98. The van der Waals surface area contributed by atoms with Crippen LogP contribution in [0.4, 0.5) is 10.5 Å². The number of carboxylic acid groups (broad SMARTS) is 1. The summed E-state index contributed by atoms with van der Waals surface area (Å²) in [6.07, 6.45) is 3.85. The summed E-state index contributed by atoms with van der Waals surface area (Å²) >= 11 is 0. The predicted molar refractivity (Wildman–Crippen MR) is 121 cm³/mol. The average Bonchev–Trinajstić information content (AvgIpc) is 3.49. The summed E-state index contributed by atoms with van der Waals surface area (Å²) in [5, 5.41) is 12.9. The van der Waals surface area contributed by atoms with Gasteiger partial charge in [0.05, 0.1) is 7.11 Å². The first-order valence-corrected chi connectivity index (χ1v) is 10.7. The molecular formula is C24H29N3O5. The summed E-state index contributed by atoms with van der Waals surface area (Å²) in [4.78, 5) is 35.1. The Morgan fingerprint density at radius 3 is 2.53 bits per heavy atom. The van der Waals surface area contributed by atoms with Crippen molar-refractivity contribution in [2.24, 2.45) is 5.92 Å². The van der Waals surface area contributed by atoms with E-state index in [1.807, 2.05) is 53.4 Å². The van der Waals surface area contributed by atoms with E-state index in [1.165, 1.54) is 0 Å². The van der Waals surface area contributed by atoms with E-state index in [0.29, 0.717) is 24.1 Å². The van der Waals surface area contributed by atoms with Gasteiger partial charge in [-0.3, -0.25) is 9.59 Å². The number of carbonyl (C=O) groups excluding carboxylic acids is 2. The van der Waals surface area contributed by atoms with Crippen LogP contribution in [0.5, 0.6) is 5.75 Å². The first-order chi connectivity index (χ1) is 15.5. The first-order valence-electron chi connectivity index (χ1n) is 10.7. The Morgan fingerprint density at radius 1 is 1.16 bits per heavy atom. The van der Waals surface area contributed by atoms with Crippen LogP contribution in [0.25, 0.3) is 0 Å². The molecule has 3 N–H and O–H groups in total. The molecule has 32 heavy (non-hydrogen) atoms. The third-order valence-corrected chi connectivity index (χ3v) is 5.56. The van der Waals surface area contributed by atoms with Crippen LogP contribution in [0, 0.1) is 5.92 Å². The molecule has 2 fully saturated rings. The monoisotopic (exact) mass is 439 g/mol. The Hall–Kier alpha value is -3.55. The molecule has 0 aromatic heterocycles. The molecule has 0 radical (unpaired) electrons. The molecule has 1 aliphatic carbocycles. The van der Waals surface area contributed by atoms with Crippen LogP contribution in [0.3, 0.4) is 0 Å². The number of hydrogen-bond acceptors (Lipinski definition) is 4. The van der Waals surface area contributed by atoms with Gasteiger partial charge in [-0.25, -0.2) is 4.79 Å². The second kappa shape index (κ2) is 11.2. The van der Waals surface area contributed by atoms with Crippen molar-refractivity contribution < 1.29 is 24.2 Å². The number of hydrogen-bond donors (Lipinski definition) is 3.